The number of allylic oxidation sites excluding steroid dienone is 3. The number of ketones is 1. The Morgan fingerprint density at radius 2 is 2.03 bits per heavy atom. The van der Waals surface area contributed by atoms with Gasteiger partial charge < -0.3 is 25.4 Å². The molecule has 1 atom stereocenters. The van der Waals surface area contributed by atoms with Gasteiger partial charge in [0.15, 0.2) is 5.78 Å². The van der Waals surface area contributed by atoms with E-state index in [0.717, 1.165) is 24.5 Å². The Morgan fingerprint density at radius 3 is 2.74 bits per heavy atom. The average molecular weight is 464 g/mol. The third-order valence-corrected chi connectivity index (χ3v) is 5.73. The van der Waals surface area contributed by atoms with Gasteiger partial charge in [0.2, 0.25) is 0 Å². The van der Waals surface area contributed by atoms with Crippen LogP contribution >= 0.6 is 23.8 Å². The van der Waals surface area contributed by atoms with Crippen LogP contribution in [0.25, 0.3) is 0 Å². The Balaban J connectivity index is 1.55. The Kier molecular flexibility index (Phi) is 8.20. The number of amides is 1. The van der Waals surface area contributed by atoms with E-state index in [1.807, 2.05) is 12.1 Å². The second-order valence-electron chi connectivity index (χ2n) is 7.41. The number of ether oxygens (including phenoxy) is 1. The molecule has 9 heteroatoms. The van der Waals surface area contributed by atoms with Crippen molar-refractivity contribution in [2.45, 2.75) is 19.4 Å². The first-order valence-corrected chi connectivity index (χ1v) is 10.9. The molecule has 1 aliphatic heterocycles. The fourth-order valence-corrected chi connectivity index (χ4v) is 3.81. The summed E-state index contributed by atoms with van der Waals surface area (Å²) in [6.45, 7) is 4.56. The zero-order chi connectivity index (χ0) is 22.4. The monoisotopic (exact) mass is 463 g/mol. The van der Waals surface area contributed by atoms with Crippen molar-refractivity contribution in [1.82, 2.24) is 5.32 Å². The highest BCUT2D eigenvalue weighted by Gasteiger charge is 2.19. The van der Waals surface area contributed by atoms with Gasteiger partial charge in [-0.2, -0.15) is 0 Å². The number of nitrogens with one attached hydrogen (secondary N) is 2. The summed E-state index contributed by atoms with van der Waals surface area (Å²) >= 11 is 11.1. The van der Waals surface area contributed by atoms with Gasteiger partial charge in [-0.1, -0.05) is 29.9 Å². The minimum absolute atomic E-state index is 0.0256. The van der Waals surface area contributed by atoms with Crippen LogP contribution in [0.4, 0.5) is 11.4 Å². The van der Waals surface area contributed by atoms with Gasteiger partial charge in [0.1, 0.15) is 0 Å². The van der Waals surface area contributed by atoms with E-state index in [2.05, 4.69) is 15.5 Å². The lowest BCUT2D eigenvalue weighted by Crippen LogP contribution is -2.38. The molecule has 7 nitrogen and oxygen atoms in total. The molecule has 1 fully saturated rings. The number of thiocarbonyl (C=S) groups is 1. The highest BCUT2D eigenvalue weighted by Crippen LogP contribution is 2.26. The normalized spacial score (nSPS) is 17.5. The predicted octanol–water partition coefficient (Wildman–Crippen LogP) is 2.44. The van der Waals surface area contributed by atoms with E-state index in [1.54, 1.807) is 19.1 Å². The standard InChI is InChI=1S/C22H26ClN3O4S/c1-14(27)18-11-16(3-4-20(18)26-6-8-30-9-7-26)24-12-17(28)13-25-22(29)19-10-15(23)2-5-21(19)31/h2-4,10-11,17,24,28H,5-9,12-13H2,1H3,(H,25,29). The predicted molar refractivity (Wildman–Crippen MR) is 126 cm³/mol. The number of hydrogen-bond acceptors (Lipinski definition) is 7. The first-order chi connectivity index (χ1) is 14.8. The summed E-state index contributed by atoms with van der Waals surface area (Å²) in [6.07, 6.45) is 2.91. The van der Waals surface area contributed by atoms with E-state index in [0.29, 0.717) is 40.7 Å². The van der Waals surface area contributed by atoms with Crippen molar-refractivity contribution in [3.63, 3.8) is 0 Å². The second-order valence-corrected chi connectivity index (χ2v) is 8.34. The van der Waals surface area contributed by atoms with E-state index >= 15 is 0 Å². The molecule has 1 saturated heterocycles. The lowest BCUT2D eigenvalue weighted by atomic mass is 10.0. The number of hydrogen-bond donors (Lipinski definition) is 3. The lowest BCUT2D eigenvalue weighted by molar-refractivity contribution is -0.117. The van der Waals surface area contributed by atoms with E-state index in [9.17, 15) is 14.7 Å². The molecule has 1 aliphatic carbocycles. The Labute approximate surface area is 192 Å². The van der Waals surface area contributed by atoms with Crippen LogP contribution in [0, 0.1) is 0 Å². The zero-order valence-electron chi connectivity index (χ0n) is 17.3. The highest BCUT2D eigenvalue weighted by atomic mass is 35.5. The minimum atomic E-state index is -0.826. The van der Waals surface area contributed by atoms with Crippen molar-refractivity contribution in [3.05, 3.63) is 46.5 Å². The van der Waals surface area contributed by atoms with Crippen molar-refractivity contribution in [2.75, 3.05) is 49.6 Å². The van der Waals surface area contributed by atoms with Crippen LogP contribution in [-0.4, -0.2) is 67.2 Å². The molecule has 1 amide bonds. The third kappa shape index (κ3) is 6.36. The lowest BCUT2D eigenvalue weighted by Gasteiger charge is -2.30. The number of nitrogens with zero attached hydrogens (tertiary/aromatic N) is 1. The molecule has 1 aromatic rings. The van der Waals surface area contributed by atoms with Crippen LogP contribution < -0.4 is 15.5 Å². The average Bonchev–Trinajstić information content (AvgIpc) is 2.78. The Morgan fingerprint density at radius 1 is 1.29 bits per heavy atom. The molecule has 0 radical (unpaired) electrons. The number of carbonyl (C=O) groups excluding carboxylic acids is 2. The van der Waals surface area contributed by atoms with Gasteiger partial charge in [0, 0.05) is 59.4 Å². The summed E-state index contributed by atoms with van der Waals surface area (Å²) in [5.41, 5.74) is 2.59. The van der Waals surface area contributed by atoms with Crippen molar-refractivity contribution in [1.29, 1.82) is 0 Å². The molecular formula is C22H26ClN3O4S. The molecule has 1 heterocycles. The van der Waals surface area contributed by atoms with E-state index < -0.39 is 6.10 Å². The number of aliphatic hydroxyl groups excluding tert-OH is 1. The van der Waals surface area contributed by atoms with Crippen LogP contribution in [0.5, 0.6) is 0 Å². The molecule has 0 aromatic heterocycles. The van der Waals surface area contributed by atoms with Gasteiger partial charge >= 0.3 is 0 Å². The minimum Gasteiger partial charge on any atom is -0.389 e. The summed E-state index contributed by atoms with van der Waals surface area (Å²) in [5.74, 6) is -0.383. The fourth-order valence-electron chi connectivity index (χ4n) is 3.39. The smallest absolute Gasteiger partial charge is 0.252 e. The molecule has 2 aliphatic rings. The number of anilines is 2. The van der Waals surface area contributed by atoms with Crippen LogP contribution in [0.1, 0.15) is 23.7 Å². The maximum absolute atomic E-state index is 12.3. The molecule has 0 spiro atoms. The molecule has 3 rings (SSSR count). The number of aliphatic hydroxyl groups is 1. The maximum Gasteiger partial charge on any atom is 0.252 e. The largest absolute Gasteiger partial charge is 0.389 e. The van der Waals surface area contributed by atoms with Gasteiger partial charge in [-0.3, -0.25) is 9.59 Å². The van der Waals surface area contributed by atoms with Crippen molar-refractivity contribution in [3.8, 4) is 0 Å². The number of rotatable bonds is 8. The Bertz CT molecular complexity index is 925. The zero-order valence-corrected chi connectivity index (χ0v) is 18.9. The summed E-state index contributed by atoms with van der Waals surface area (Å²) in [6, 6.07) is 5.58. The summed E-state index contributed by atoms with van der Waals surface area (Å²) < 4.78 is 5.38. The van der Waals surface area contributed by atoms with Gasteiger partial charge in [0.25, 0.3) is 5.91 Å². The van der Waals surface area contributed by atoms with E-state index in [4.69, 9.17) is 28.6 Å². The molecule has 31 heavy (non-hydrogen) atoms. The van der Waals surface area contributed by atoms with Crippen molar-refractivity contribution < 1.29 is 19.4 Å². The molecule has 0 saturated carbocycles. The summed E-state index contributed by atoms with van der Waals surface area (Å²) in [5, 5.41) is 16.5. The molecule has 3 N–H and O–H groups in total. The van der Waals surface area contributed by atoms with E-state index in [1.165, 1.54) is 6.08 Å². The number of carbonyl (C=O) groups is 2. The van der Waals surface area contributed by atoms with Crippen molar-refractivity contribution >= 4 is 51.7 Å². The summed E-state index contributed by atoms with van der Waals surface area (Å²) in [4.78, 5) is 27.1. The molecule has 1 unspecified atom stereocenters. The second kappa shape index (κ2) is 10.9. The van der Waals surface area contributed by atoms with Crippen LogP contribution in [0.3, 0.4) is 0 Å². The summed E-state index contributed by atoms with van der Waals surface area (Å²) in [7, 11) is 0. The highest BCUT2D eigenvalue weighted by molar-refractivity contribution is 7.81. The molecule has 0 bridgehead atoms. The number of Topliss-reactive ketones (excluding diaryl/α,β-unsaturated/α-hetero) is 1. The molecule has 1 aromatic carbocycles. The molecule has 166 valence electrons. The van der Waals surface area contributed by atoms with Gasteiger partial charge in [-0.05, 0) is 31.2 Å². The van der Waals surface area contributed by atoms with Crippen LogP contribution in [0.15, 0.2) is 41.0 Å². The van der Waals surface area contributed by atoms with Gasteiger partial charge in [0.05, 0.1) is 24.9 Å². The van der Waals surface area contributed by atoms with Crippen LogP contribution in [0.2, 0.25) is 0 Å². The topological polar surface area (TPSA) is 90.9 Å². The quantitative estimate of drug-likeness (QED) is 0.403. The number of benzene rings is 1. The third-order valence-electron chi connectivity index (χ3n) is 5.08. The SMILES string of the molecule is CC(=O)c1cc(NCC(O)CNC(=O)C2=CC(Cl)=CCC2=S)ccc1N1CCOCC1. The number of halogens is 1. The first kappa shape index (κ1) is 23.4. The first-order valence-electron chi connectivity index (χ1n) is 10.1. The molecular weight excluding hydrogens is 438 g/mol. The Hall–Kier alpha value is -2.26. The van der Waals surface area contributed by atoms with Gasteiger partial charge in [-0.15, -0.1) is 0 Å². The fraction of sp³-hybridized carbons (Fsp3) is 0.409. The van der Waals surface area contributed by atoms with Crippen molar-refractivity contribution in [2.24, 2.45) is 0 Å². The van der Waals surface area contributed by atoms with E-state index in [-0.39, 0.29) is 24.8 Å². The van der Waals surface area contributed by atoms with Gasteiger partial charge in [-0.25, -0.2) is 0 Å². The number of morpholine rings is 1. The maximum atomic E-state index is 12.3. The van der Waals surface area contributed by atoms with Crippen LogP contribution in [-0.2, 0) is 9.53 Å².